The normalized spacial score (nSPS) is 22.5. The van der Waals surface area contributed by atoms with Crippen molar-refractivity contribution in [1.29, 1.82) is 0 Å². The van der Waals surface area contributed by atoms with Gasteiger partial charge in [-0.3, -0.25) is 9.59 Å². The molecule has 1 heterocycles. The van der Waals surface area contributed by atoms with Crippen molar-refractivity contribution in [2.75, 3.05) is 13.1 Å². The second-order valence-electron chi connectivity index (χ2n) is 5.61. The second kappa shape index (κ2) is 6.43. The summed E-state index contributed by atoms with van der Waals surface area (Å²) in [5.41, 5.74) is 0.101. The number of nitrogens with zero attached hydrogens (tertiary/aromatic N) is 1. The van der Waals surface area contributed by atoms with Crippen molar-refractivity contribution in [2.24, 2.45) is 5.41 Å². The van der Waals surface area contributed by atoms with Crippen molar-refractivity contribution in [3.05, 3.63) is 40.4 Å². The summed E-state index contributed by atoms with van der Waals surface area (Å²) < 4.78 is 0.985. The second-order valence-corrected chi connectivity index (χ2v) is 6.53. The smallest absolute Gasteiger partial charge is 0.311 e. The Bertz CT molecular complexity index is 567. The Balaban J connectivity index is 2.03. The van der Waals surface area contributed by atoms with Crippen LogP contribution in [0.2, 0.25) is 0 Å². The summed E-state index contributed by atoms with van der Waals surface area (Å²) in [4.78, 5) is 25.1. The summed E-state index contributed by atoms with van der Waals surface area (Å²) in [5, 5.41) is 9.27. The van der Waals surface area contributed by atoms with Crippen molar-refractivity contribution in [1.82, 2.24) is 4.90 Å². The molecule has 0 spiro atoms. The molecule has 1 atom stereocenters. The maximum absolute atomic E-state index is 12.2. The van der Waals surface area contributed by atoms with E-state index in [1.54, 1.807) is 17.9 Å². The Hall–Kier alpha value is -1.62. The van der Waals surface area contributed by atoms with Crippen LogP contribution >= 0.6 is 15.9 Å². The lowest BCUT2D eigenvalue weighted by molar-refractivity contribution is -0.152. The van der Waals surface area contributed by atoms with E-state index < -0.39 is 11.4 Å². The highest BCUT2D eigenvalue weighted by Crippen LogP contribution is 2.29. The number of piperidine rings is 1. The van der Waals surface area contributed by atoms with Crippen LogP contribution in [0, 0.1) is 5.41 Å². The van der Waals surface area contributed by atoms with Crippen LogP contribution in [0.25, 0.3) is 6.08 Å². The Morgan fingerprint density at radius 2 is 2.00 bits per heavy atom. The highest BCUT2D eigenvalue weighted by molar-refractivity contribution is 9.10. The number of amides is 1. The van der Waals surface area contributed by atoms with Gasteiger partial charge in [0.2, 0.25) is 5.91 Å². The van der Waals surface area contributed by atoms with Crippen LogP contribution < -0.4 is 0 Å². The van der Waals surface area contributed by atoms with Gasteiger partial charge in [-0.25, -0.2) is 0 Å². The molecule has 0 saturated carbocycles. The van der Waals surface area contributed by atoms with Crippen LogP contribution in [0.1, 0.15) is 25.3 Å². The molecule has 1 amide bonds. The van der Waals surface area contributed by atoms with Gasteiger partial charge in [-0.15, -0.1) is 0 Å². The van der Waals surface area contributed by atoms with Gasteiger partial charge in [-0.2, -0.15) is 0 Å². The number of carbonyl (C=O) groups excluding carboxylic acids is 1. The fourth-order valence-electron chi connectivity index (χ4n) is 2.45. The molecule has 1 aliphatic heterocycles. The van der Waals surface area contributed by atoms with Gasteiger partial charge in [0.15, 0.2) is 0 Å². The predicted molar refractivity (Wildman–Crippen MR) is 84.7 cm³/mol. The largest absolute Gasteiger partial charge is 0.481 e. The molecule has 21 heavy (non-hydrogen) atoms. The van der Waals surface area contributed by atoms with Crippen LogP contribution in [0.5, 0.6) is 0 Å². The first-order valence-electron chi connectivity index (χ1n) is 6.87. The lowest BCUT2D eigenvalue weighted by atomic mass is 9.82. The Kier molecular flexibility index (Phi) is 4.83. The van der Waals surface area contributed by atoms with Crippen LogP contribution in [-0.4, -0.2) is 35.0 Å². The summed E-state index contributed by atoms with van der Waals surface area (Å²) >= 11 is 3.36. The molecule has 0 radical (unpaired) electrons. The molecule has 2 rings (SSSR count). The van der Waals surface area contributed by atoms with E-state index in [1.165, 1.54) is 6.08 Å². The first-order valence-corrected chi connectivity index (χ1v) is 7.66. The maximum Gasteiger partial charge on any atom is 0.311 e. The van der Waals surface area contributed by atoms with Crippen molar-refractivity contribution >= 4 is 33.9 Å². The zero-order valence-corrected chi connectivity index (χ0v) is 13.5. The van der Waals surface area contributed by atoms with E-state index in [4.69, 9.17) is 0 Å². The quantitative estimate of drug-likeness (QED) is 0.850. The highest BCUT2D eigenvalue weighted by Gasteiger charge is 2.38. The van der Waals surface area contributed by atoms with E-state index in [0.717, 1.165) is 16.5 Å². The van der Waals surface area contributed by atoms with E-state index in [1.807, 2.05) is 24.3 Å². The fourth-order valence-corrected chi connectivity index (χ4v) is 2.71. The van der Waals surface area contributed by atoms with Crippen LogP contribution in [0.3, 0.4) is 0 Å². The predicted octanol–water partition coefficient (Wildman–Crippen LogP) is 3.18. The third kappa shape index (κ3) is 3.94. The van der Waals surface area contributed by atoms with Crippen LogP contribution in [0.4, 0.5) is 0 Å². The molecule has 1 fully saturated rings. The number of carbonyl (C=O) groups is 2. The number of halogens is 1. The first-order chi connectivity index (χ1) is 9.90. The lowest BCUT2D eigenvalue weighted by Crippen LogP contribution is -2.47. The van der Waals surface area contributed by atoms with Gasteiger partial charge in [0, 0.05) is 23.6 Å². The van der Waals surface area contributed by atoms with Crippen LogP contribution in [0.15, 0.2) is 34.8 Å². The number of rotatable bonds is 3. The molecule has 1 N–H and O–H groups in total. The highest BCUT2D eigenvalue weighted by atomic mass is 79.9. The van der Waals surface area contributed by atoms with Crippen molar-refractivity contribution in [3.63, 3.8) is 0 Å². The first kappa shape index (κ1) is 15.8. The molecule has 1 aromatic rings. The summed E-state index contributed by atoms with van der Waals surface area (Å²) in [6.07, 6.45) is 4.60. The van der Waals surface area contributed by atoms with Gasteiger partial charge in [0.05, 0.1) is 5.41 Å². The van der Waals surface area contributed by atoms with E-state index in [0.29, 0.717) is 13.0 Å². The minimum Gasteiger partial charge on any atom is -0.481 e. The topological polar surface area (TPSA) is 57.6 Å². The van der Waals surface area contributed by atoms with E-state index >= 15 is 0 Å². The molecule has 1 aromatic carbocycles. The van der Waals surface area contributed by atoms with Gasteiger partial charge in [-0.1, -0.05) is 28.1 Å². The zero-order chi connectivity index (χ0) is 15.5. The summed E-state index contributed by atoms with van der Waals surface area (Å²) in [6.45, 7) is 2.59. The Labute approximate surface area is 132 Å². The van der Waals surface area contributed by atoms with Crippen molar-refractivity contribution in [3.8, 4) is 0 Å². The van der Waals surface area contributed by atoms with Gasteiger partial charge < -0.3 is 10.0 Å². The lowest BCUT2D eigenvalue weighted by Gasteiger charge is -2.37. The molecular weight excluding hydrogens is 334 g/mol. The van der Waals surface area contributed by atoms with Crippen molar-refractivity contribution < 1.29 is 14.7 Å². The number of likely N-dealkylation sites (tertiary alicyclic amines) is 1. The summed E-state index contributed by atoms with van der Waals surface area (Å²) in [5.74, 6) is -0.970. The molecule has 1 aliphatic rings. The molecule has 1 saturated heterocycles. The molecular formula is C16H18BrNO3. The Morgan fingerprint density at radius 3 is 2.62 bits per heavy atom. The molecule has 112 valence electrons. The molecule has 0 aromatic heterocycles. The number of carboxylic acid groups (broad SMARTS) is 1. The molecule has 4 nitrogen and oxygen atoms in total. The number of hydrogen-bond acceptors (Lipinski definition) is 2. The zero-order valence-electron chi connectivity index (χ0n) is 11.9. The summed E-state index contributed by atoms with van der Waals surface area (Å²) in [6, 6.07) is 7.63. The third-order valence-corrected chi connectivity index (χ3v) is 4.34. The standard InChI is InChI=1S/C16H18BrNO3/c1-16(15(20)21)9-2-10-18(11-16)14(19)8-5-12-3-6-13(17)7-4-12/h3-8H,2,9-11H2,1H3,(H,20,21). The van der Waals surface area contributed by atoms with Gasteiger partial charge in [0.25, 0.3) is 0 Å². The minimum absolute atomic E-state index is 0.134. The fraction of sp³-hybridized carbons (Fsp3) is 0.375. The maximum atomic E-state index is 12.2. The monoisotopic (exact) mass is 351 g/mol. The summed E-state index contributed by atoms with van der Waals surface area (Å²) in [7, 11) is 0. The van der Waals surface area contributed by atoms with Gasteiger partial charge in [0.1, 0.15) is 0 Å². The van der Waals surface area contributed by atoms with E-state index in [2.05, 4.69) is 15.9 Å². The molecule has 0 aliphatic carbocycles. The number of aliphatic carboxylic acids is 1. The minimum atomic E-state index is -0.836. The number of carboxylic acids is 1. The van der Waals surface area contributed by atoms with Gasteiger partial charge >= 0.3 is 5.97 Å². The molecule has 0 bridgehead atoms. The van der Waals surface area contributed by atoms with E-state index in [9.17, 15) is 14.7 Å². The Morgan fingerprint density at radius 1 is 1.33 bits per heavy atom. The molecule has 5 heteroatoms. The number of hydrogen-bond donors (Lipinski definition) is 1. The SMILES string of the molecule is CC1(C(=O)O)CCCN(C(=O)C=Cc2ccc(Br)cc2)C1. The third-order valence-electron chi connectivity index (χ3n) is 3.81. The van der Waals surface area contributed by atoms with Crippen LogP contribution in [-0.2, 0) is 9.59 Å². The van der Waals surface area contributed by atoms with Crippen molar-refractivity contribution in [2.45, 2.75) is 19.8 Å². The average Bonchev–Trinajstić information content (AvgIpc) is 2.46. The molecule has 1 unspecified atom stereocenters. The van der Waals surface area contributed by atoms with Gasteiger partial charge in [-0.05, 0) is 43.5 Å². The number of benzene rings is 1. The average molecular weight is 352 g/mol. The van der Waals surface area contributed by atoms with E-state index in [-0.39, 0.29) is 12.5 Å².